The lowest BCUT2D eigenvalue weighted by Crippen LogP contribution is -2.36. The number of rotatable bonds is 8. The van der Waals surface area contributed by atoms with Gasteiger partial charge < -0.3 is 19.9 Å². The highest BCUT2D eigenvalue weighted by atomic mass is 19.3. The van der Waals surface area contributed by atoms with Gasteiger partial charge in [0.25, 0.3) is 5.56 Å². The van der Waals surface area contributed by atoms with E-state index >= 15 is 0 Å². The maximum atomic E-state index is 12.5. The van der Waals surface area contributed by atoms with Gasteiger partial charge in [-0.1, -0.05) is 48.5 Å². The average molecular weight is 426 g/mol. The molecule has 0 fully saturated rings. The van der Waals surface area contributed by atoms with Gasteiger partial charge in [0, 0.05) is 38.0 Å². The van der Waals surface area contributed by atoms with Crippen molar-refractivity contribution in [3.05, 3.63) is 100.0 Å². The van der Waals surface area contributed by atoms with E-state index in [1.807, 2.05) is 30.3 Å². The van der Waals surface area contributed by atoms with Crippen molar-refractivity contribution in [1.29, 1.82) is 0 Å². The average Bonchev–Trinajstić information content (AvgIpc) is 2.77. The number of hydrogen-bond acceptors (Lipinski definition) is 3. The number of aromatic nitrogens is 1. The van der Waals surface area contributed by atoms with Crippen LogP contribution in [0.2, 0.25) is 0 Å². The van der Waals surface area contributed by atoms with Crippen molar-refractivity contribution in [3.8, 4) is 5.75 Å². The fourth-order valence-electron chi connectivity index (χ4n) is 3.00. The van der Waals surface area contributed by atoms with E-state index in [2.05, 4.69) is 20.4 Å². The van der Waals surface area contributed by atoms with E-state index in [0.717, 1.165) is 11.1 Å². The van der Waals surface area contributed by atoms with Crippen molar-refractivity contribution >= 4 is 5.96 Å². The van der Waals surface area contributed by atoms with Crippen molar-refractivity contribution in [2.24, 2.45) is 4.99 Å². The lowest BCUT2D eigenvalue weighted by Gasteiger charge is -2.14. The Kier molecular flexibility index (Phi) is 7.75. The highest BCUT2D eigenvalue weighted by Crippen LogP contribution is 2.19. The first-order chi connectivity index (χ1) is 15.0. The Labute approximate surface area is 179 Å². The van der Waals surface area contributed by atoms with E-state index in [0.29, 0.717) is 24.6 Å². The number of ether oxygens (including phenoxy) is 1. The first-order valence-corrected chi connectivity index (χ1v) is 9.75. The summed E-state index contributed by atoms with van der Waals surface area (Å²) >= 11 is 0. The number of halogens is 2. The number of nitrogens with one attached hydrogen (secondary N) is 2. The van der Waals surface area contributed by atoms with Gasteiger partial charge in [0.15, 0.2) is 5.96 Å². The minimum Gasteiger partial charge on any atom is -0.434 e. The van der Waals surface area contributed by atoms with E-state index in [9.17, 15) is 13.6 Å². The lowest BCUT2D eigenvalue weighted by atomic mass is 10.1. The molecule has 162 valence electrons. The number of alkyl halides is 2. The van der Waals surface area contributed by atoms with E-state index in [1.165, 1.54) is 12.1 Å². The summed E-state index contributed by atoms with van der Waals surface area (Å²) in [6, 6.07) is 19.6. The Morgan fingerprint density at radius 1 is 0.968 bits per heavy atom. The van der Waals surface area contributed by atoms with Gasteiger partial charge in [0.05, 0.1) is 6.54 Å². The summed E-state index contributed by atoms with van der Waals surface area (Å²) in [5.74, 6) is 0.667. The van der Waals surface area contributed by atoms with Gasteiger partial charge >= 0.3 is 6.61 Å². The van der Waals surface area contributed by atoms with Crippen molar-refractivity contribution in [2.45, 2.75) is 26.2 Å². The van der Waals surface area contributed by atoms with Crippen LogP contribution in [0.3, 0.4) is 0 Å². The number of hydrogen-bond donors (Lipinski definition) is 2. The van der Waals surface area contributed by atoms with Crippen molar-refractivity contribution in [1.82, 2.24) is 15.2 Å². The molecule has 0 saturated heterocycles. The van der Waals surface area contributed by atoms with Gasteiger partial charge in [-0.2, -0.15) is 8.78 Å². The molecule has 0 atom stereocenters. The quantitative estimate of drug-likeness (QED) is 0.428. The van der Waals surface area contributed by atoms with Crippen LogP contribution in [0.25, 0.3) is 0 Å². The molecule has 0 unspecified atom stereocenters. The molecule has 0 aliphatic rings. The Bertz CT molecular complexity index is 1070. The molecule has 8 heteroatoms. The lowest BCUT2D eigenvalue weighted by molar-refractivity contribution is -0.0504. The van der Waals surface area contributed by atoms with Gasteiger partial charge in [-0.15, -0.1) is 0 Å². The van der Waals surface area contributed by atoms with Crippen molar-refractivity contribution in [3.63, 3.8) is 0 Å². The van der Waals surface area contributed by atoms with Gasteiger partial charge in [-0.3, -0.25) is 9.79 Å². The third-order valence-electron chi connectivity index (χ3n) is 4.59. The topological polar surface area (TPSA) is 67.7 Å². The minimum atomic E-state index is -2.87. The Hall–Kier alpha value is -3.68. The van der Waals surface area contributed by atoms with Crippen molar-refractivity contribution in [2.75, 3.05) is 7.05 Å². The number of nitrogens with zero attached hydrogens (tertiary/aromatic N) is 2. The molecule has 1 heterocycles. The van der Waals surface area contributed by atoms with Crippen LogP contribution in [0, 0.1) is 0 Å². The summed E-state index contributed by atoms with van der Waals surface area (Å²) in [6.45, 7) is -1.55. The maximum absolute atomic E-state index is 12.5. The third kappa shape index (κ3) is 6.67. The molecule has 1 aromatic heterocycles. The molecule has 0 radical (unpaired) electrons. The number of pyridine rings is 1. The Morgan fingerprint density at radius 3 is 2.35 bits per heavy atom. The molecule has 0 bridgehead atoms. The summed E-state index contributed by atoms with van der Waals surface area (Å²) in [6.07, 6.45) is 1.76. The maximum Gasteiger partial charge on any atom is 0.387 e. The van der Waals surface area contributed by atoms with Crippen LogP contribution in [0.1, 0.15) is 16.7 Å². The van der Waals surface area contributed by atoms with E-state index in [4.69, 9.17) is 0 Å². The molecule has 2 N–H and O–H groups in total. The predicted octanol–water partition coefficient (Wildman–Crippen LogP) is 3.36. The largest absolute Gasteiger partial charge is 0.434 e. The van der Waals surface area contributed by atoms with Crippen LogP contribution >= 0.6 is 0 Å². The van der Waals surface area contributed by atoms with Gasteiger partial charge in [0.1, 0.15) is 5.75 Å². The van der Waals surface area contributed by atoms with Gasteiger partial charge in [0.2, 0.25) is 0 Å². The molecule has 0 amide bonds. The van der Waals surface area contributed by atoms with Gasteiger partial charge in [-0.05, 0) is 23.3 Å². The molecule has 3 aromatic rings. The highest BCUT2D eigenvalue weighted by Gasteiger charge is 2.09. The van der Waals surface area contributed by atoms with E-state index in [-0.39, 0.29) is 17.9 Å². The molecule has 31 heavy (non-hydrogen) atoms. The molecule has 2 aromatic carbocycles. The molecule has 0 aliphatic heterocycles. The second-order valence-electron chi connectivity index (χ2n) is 6.75. The zero-order valence-electron chi connectivity index (χ0n) is 17.1. The fraction of sp³-hybridized carbons (Fsp3) is 0.217. The molecule has 0 spiro atoms. The number of para-hydroxylation sites is 1. The normalized spacial score (nSPS) is 11.4. The summed E-state index contributed by atoms with van der Waals surface area (Å²) in [5.41, 5.74) is 2.62. The number of aliphatic imine (C=N–C) groups is 1. The standard InChI is InChI=1S/C23H24F2N4O2/c1-26-23(28-15-19-6-2-3-7-20(19)31-22(24)25)27-14-17-9-11-18(12-10-17)16-29-13-5-4-8-21(29)30/h2-13,22H,14-16H2,1H3,(H2,26,27,28). The first-order valence-electron chi connectivity index (χ1n) is 9.75. The third-order valence-corrected chi connectivity index (χ3v) is 4.59. The second kappa shape index (κ2) is 10.9. The smallest absolute Gasteiger partial charge is 0.387 e. The van der Waals surface area contributed by atoms with Crippen LogP contribution in [0.5, 0.6) is 5.75 Å². The Balaban J connectivity index is 1.53. The summed E-state index contributed by atoms with van der Waals surface area (Å²) < 4.78 is 31.3. The zero-order valence-corrected chi connectivity index (χ0v) is 17.1. The monoisotopic (exact) mass is 426 g/mol. The number of benzene rings is 2. The highest BCUT2D eigenvalue weighted by molar-refractivity contribution is 5.79. The van der Waals surface area contributed by atoms with Crippen molar-refractivity contribution < 1.29 is 13.5 Å². The minimum absolute atomic E-state index is 0.0383. The molecule has 0 saturated carbocycles. The molecule has 6 nitrogen and oxygen atoms in total. The van der Waals surface area contributed by atoms with Crippen LogP contribution in [-0.4, -0.2) is 24.2 Å². The summed E-state index contributed by atoms with van der Waals surface area (Å²) in [7, 11) is 1.64. The first kappa shape index (κ1) is 22.0. The van der Waals surface area contributed by atoms with Crippen LogP contribution < -0.4 is 20.9 Å². The molecular weight excluding hydrogens is 402 g/mol. The van der Waals surface area contributed by atoms with Crippen LogP contribution in [-0.2, 0) is 19.6 Å². The molecule has 0 aliphatic carbocycles. The van der Waals surface area contributed by atoms with Gasteiger partial charge in [-0.25, -0.2) is 0 Å². The summed E-state index contributed by atoms with van der Waals surface area (Å²) in [4.78, 5) is 16.0. The van der Waals surface area contributed by atoms with Crippen LogP contribution in [0.15, 0.2) is 82.7 Å². The number of guanidine groups is 1. The summed E-state index contributed by atoms with van der Waals surface area (Å²) in [5, 5.41) is 6.29. The second-order valence-corrected chi connectivity index (χ2v) is 6.75. The zero-order chi connectivity index (χ0) is 22.1. The molecule has 3 rings (SSSR count). The predicted molar refractivity (Wildman–Crippen MR) is 116 cm³/mol. The SMILES string of the molecule is CN=C(NCc1ccc(Cn2ccccc2=O)cc1)NCc1ccccc1OC(F)F. The molecular formula is C23H24F2N4O2. The van der Waals surface area contributed by atoms with Crippen LogP contribution in [0.4, 0.5) is 8.78 Å². The fourth-order valence-corrected chi connectivity index (χ4v) is 3.00. The van der Waals surface area contributed by atoms with E-state index < -0.39 is 6.61 Å². The Morgan fingerprint density at radius 2 is 1.65 bits per heavy atom. The van der Waals surface area contributed by atoms with E-state index in [1.54, 1.807) is 42.1 Å².